The van der Waals surface area contributed by atoms with Gasteiger partial charge in [-0.05, 0) is 38.3 Å². The molecule has 0 aliphatic heterocycles. The lowest BCUT2D eigenvalue weighted by Crippen LogP contribution is -2.38. The van der Waals surface area contributed by atoms with Gasteiger partial charge in [-0.3, -0.25) is 4.98 Å². The molecule has 5 nitrogen and oxygen atoms in total. The molecule has 1 heterocycles. The van der Waals surface area contributed by atoms with E-state index in [0.717, 1.165) is 17.0 Å². The van der Waals surface area contributed by atoms with Crippen LogP contribution in [-0.2, 0) is 16.6 Å². The largest absolute Gasteiger partial charge is 0.395 e. The minimum atomic E-state index is -3.46. The Balaban J connectivity index is 3.06. The second-order valence-electron chi connectivity index (χ2n) is 5.81. The van der Waals surface area contributed by atoms with E-state index in [4.69, 9.17) is 5.11 Å². The standard InChI is InChI=1S/C15H26N2O3S/c1-11(2)15-7-6-14(13(5)16-15)10-17(12(3)4)21(19,20)9-8-18/h6-7,11-12,18H,8-10H2,1-5H3. The van der Waals surface area contributed by atoms with E-state index < -0.39 is 10.0 Å². The molecule has 0 fully saturated rings. The summed E-state index contributed by atoms with van der Waals surface area (Å²) in [7, 11) is -3.46. The zero-order valence-corrected chi connectivity index (χ0v) is 14.3. The molecule has 0 amide bonds. The molecule has 0 unspecified atom stereocenters. The number of pyridine rings is 1. The van der Waals surface area contributed by atoms with Crippen LogP contribution in [0.25, 0.3) is 0 Å². The van der Waals surface area contributed by atoms with Gasteiger partial charge in [-0.15, -0.1) is 0 Å². The van der Waals surface area contributed by atoms with Crippen molar-refractivity contribution < 1.29 is 13.5 Å². The normalized spacial score (nSPS) is 12.6. The number of aryl methyl sites for hydroxylation is 1. The van der Waals surface area contributed by atoms with Gasteiger partial charge in [0.1, 0.15) is 0 Å². The number of nitrogens with zero attached hydrogens (tertiary/aromatic N) is 2. The average Bonchev–Trinajstić information content (AvgIpc) is 2.36. The molecule has 21 heavy (non-hydrogen) atoms. The van der Waals surface area contributed by atoms with Crippen molar-refractivity contribution in [1.29, 1.82) is 0 Å². The summed E-state index contributed by atoms with van der Waals surface area (Å²) in [5.41, 5.74) is 2.76. The number of sulfonamides is 1. The summed E-state index contributed by atoms with van der Waals surface area (Å²) >= 11 is 0. The van der Waals surface area contributed by atoms with Crippen LogP contribution in [0.4, 0.5) is 0 Å². The number of aliphatic hydroxyl groups is 1. The number of rotatable bonds is 7. The van der Waals surface area contributed by atoms with Gasteiger partial charge in [0.15, 0.2) is 0 Å². The van der Waals surface area contributed by atoms with Crippen molar-refractivity contribution in [2.24, 2.45) is 0 Å². The molecule has 0 aliphatic carbocycles. The highest BCUT2D eigenvalue weighted by Gasteiger charge is 2.25. The molecular weight excluding hydrogens is 288 g/mol. The zero-order valence-electron chi connectivity index (χ0n) is 13.5. The van der Waals surface area contributed by atoms with Crippen LogP contribution in [0.2, 0.25) is 0 Å². The first-order chi connectivity index (χ1) is 9.69. The van der Waals surface area contributed by atoms with E-state index in [9.17, 15) is 8.42 Å². The molecule has 0 atom stereocenters. The molecule has 120 valence electrons. The Kier molecular flexibility index (Phi) is 6.31. The molecule has 1 rings (SSSR count). The van der Waals surface area contributed by atoms with Gasteiger partial charge in [0.2, 0.25) is 10.0 Å². The van der Waals surface area contributed by atoms with Gasteiger partial charge in [0.25, 0.3) is 0 Å². The third-order valence-electron chi connectivity index (χ3n) is 3.42. The molecule has 0 bridgehead atoms. The lowest BCUT2D eigenvalue weighted by molar-refractivity contribution is 0.305. The molecule has 0 saturated carbocycles. The third-order valence-corrected chi connectivity index (χ3v) is 5.38. The lowest BCUT2D eigenvalue weighted by atomic mass is 10.1. The fourth-order valence-electron chi connectivity index (χ4n) is 2.10. The second-order valence-corrected chi connectivity index (χ2v) is 7.86. The van der Waals surface area contributed by atoms with Gasteiger partial charge in [-0.25, -0.2) is 8.42 Å². The average molecular weight is 314 g/mol. The fourth-order valence-corrected chi connectivity index (χ4v) is 3.54. The highest BCUT2D eigenvalue weighted by atomic mass is 32.2. The van der Waals surface area contributed by atoms with Crippen LogP contribution in [0, 0.1) is 6.92 Å². The van der Waals surface area contributed by atoms with E-state index in [1.54, 1.807) is 0 Å². The number of aliphatic hydroxyl groups excluding tert-OH is 1. The van der Waals surface area contributed by atoms with Gasteiger partial charge in [0.05, 0.1) is 12.4 Å². The first-order valence-electron chi connectivity index (χ1n) is 7.25. The zero-order chi connectivity index (χ0) is 16.2. The number of aromatic nitrogens is 1. The first kappa shape index (κ1) is 18.1. The first-order valence-corrected chi connectivity index (χ1v) is 8.86. The Morgan fingerprint density at radius 1 is 1.24 bits per heavy atom. The molecule has 1 aromatic heterocycles. The predicted molar refractivity (Wildman–Crippen MR) is 84.6 cm³/mol. The predicted octanol–water partition coefficient (Wildman–Crippen LogP) is 2.05. The van der Waals surface area contributed by atoms with Gasteiger partial charge >= 0.3 is 0 Å². The van der Waals surface area contributed by atoms with E-state index in [0.29, 0.717) is 5.92 Å². The minimum absolute atomic E-state index is 0.161. The van der Waals surface area contributed by atoms with Gasteiger partial charge < -0.3 is 5.11 Å². The Morgan fingerprint density at radius 2 is 1.86 bits per heavy atom. The van der Waals surface area contributed by atoms with Crippen LogP contribution in [-0.4, -0.2) is 41.2 Å². The molecule has 0 radical (unpaired) electrons. The van der Waals surface area contributed by atoms with Crippen molar-refractivity contribution in [3.63, 3.8) is 0 Å². The van der Waals surface area contributed by atoms with Crippen molar-refractivity contribution in [2.75, 3.05) is 12.4 Å². The smallest absolute Gasteiger partial charge is 0.216 e. The Bertz CT molecular complexity index is 568. The maximum absolute atomic E-state index is 12.2. The molecule has 0 saturated heterocycles. The van der Waals surface area contributed by atoms with E-state index >= 15 is 0 Å². The summed E-state index contributed by atoms with van der Waals surface area (Å²) in [5, 5.41) is 8.93. The quantitative estimate of drug-likeness (QED) is 0.836. The monoisotopic (exact) mass is 314 g/mol. The summed E-state index contributed by atoms with van der Waals surface area (Å²) in [6.07, 6.45) is 0. The molecule has 0 aliphatic rings. The second kappa shape index (κ2) is 7.33. The molecule has 6 heteroatoms. The SMILES string of the molecule is Cc1nc(C(C)C)ccc1CN(C(C)C)S(=O)(=O)CCO. The van der Waals surface area contributed by atoms with Crippen molar-refractivity contribution >= 4 is 10.0 Å². The summed E-state index contributed by atoms with van der Waals surface area (Å²) in [6.45, 7) is 9.64. The van der Waals surface area contributed by atoms with Crippen LogP contribution in [0.15, 0.2) is 12.1 Å². The highest BCUT2D eigenvalue weighted by Crippen LogP contribution is 2.19. The third kappa shape index (κ3) is 4.76. The molecule has 0 spiro atoms. The fraction of sp³-hybridized carbons (Fsp3) is 0.667. The minimum Gasteiger partial charge on any atom is -0.395 e. The van der Waals surface area contributed by atoms with Gasteiger partial charge in [-0.2, -0.15) is 4.31 Å². The van der Waals surface area contributed by atoms with Crippen LogP contribution in [0.5, 0.6) is 0 Å². The Labute approximate surface area is 128 Å². The van der Waals surface area contributed by atoms with E-state index in [1.807, 2.05) is 32.9 Å². The van der Waals surface area contributed by atoms with Gasteiger partial charge in [0, 0.05) is 24.0 Å². The molecule has 1 aromatic rings. The Hall–Kier alpha value is -0.980. The maximum atomic E-state index is 12.2. The maximum Gasteiger partial charge on any atom is 0.216 e. The van der Waals surface area contributed by atoms with Crippen molar-refractivity contribution in [1.82, 2.24) is 9.29 Å². The van der Waals surface area contributed by atoms with Crippen LogP contribution < -0.4 is 0 Å². The number of hydrogen-bond acceptors (Lipinski definition) is 4. The van der Waals surface area contributed by atoms with Crippen molar-refractivity contribution in [3.8, 4) is 0 Å². The van der Waals surface area contributed by atoms with Crippen LogP contribution in [0.1, 0.15) is 50.6 Å². The topological polar surface area (TPSA) is 70.5 Å². The van der Waals surface area contributed by atoms with Gasteiger partial charge in [-0.1, -0.05) is 19.9 Å². The Morgan fingerprint density at radius 3 is 2.29 bits per heavy atom. The molecular formula is C15H26N2O3S. The summed E-state index contributed by atoms with van der Waals surface area (Å²) in [4.78, 5) is 4.54. The van der Waals surface area contributed by atoms with E-state index in [-0.39, 0.29) is 24.9 Å². The van der Waals surface area contributed by atoms with Crippen molar-refractivity contribution in [2.45, 2.75) is 53.1 Å². The van der Waals surface area contributed by atoms with E-state index in [2.05, 4.69) is 18.8 Å². The van der Waals surface area contributed by atoms with E-state index in [1.165, 1.54) is 4.31 Å². The summed E-state index contributed by atoms with van der Waals surface area (Å²) in [5.74, 6) is 0.0962. The number of hydrogen-bond donors (Lipinski definition) is 1. The van der Waals surface area contributed by atoms with Crippen LogP contribution in [0.3, 0.4) is 0 Å². The highest BCUT2D eigenvalue weighted by molar-refractivity contribution is 7.89. The molecule has 1 N–H and O–H groups in total. The lowest BCUT2D eigenvalue weighted by Gasteiger charge is -2.26. The van der Waals surface area contributed by atoms with Crippen molar-refractivity contribution in [3.05, 3.63) is 29.1 Å². The van der Waals surface area contributed by atoms with Crippen LogP contribution >= 0.6 is 0 Å². The summed E-state index contributed by atoms with van der Waals surface area (Å²) < 4.78 is 25.8. The summed E-state index contributed by atoms with van der Waals surface area (Å²) in [6, 6.07) is 3.73. The molecule has 0 aromatic carbocycles.